The number of nitrogens with zero attached hydrogens (tertiary/aromatic N) is 5. The number of benzene rings is 1. The largest absolute Gasteiger partial charge is 0.479 e. The highest BCUT2D eigenvalue weighted by molar-refractivity contribution is 7.98. The number of ether oxygens (including phenoxy) is 2. The Morgan fingerprint density at radius 2 is 1.88 bits per heavy atom. The lowest BCUT2D eigenvalue weighted by molar-refractivity contribution is 0.185. The first kappa shape index (κ1) is 18.5. The van der Waals surface area contributed by atoms with Crippen LogP contribution in [0.2, 0.25) is 0 Å². The van der Waals surface area contributed by atoms with Crippen LogP contribution in [0.15, 0.2) is 35.6 Å². The maximum atomic E-state index is 5.38. The summed E-state index contributed by atoms with van der Waals surface area (Å²) in [6.07, 6.45) is 1.89. The molecule has 0 bridgehead atoms. The minimum atomic E-state index is 0.536. The van der Waals surface area contributed by atoms with E-state index in [1.54, 1.807) is 30.7 Å². The van der Waals surface area contributed by atoms with Gasteiger partial charge in [-0.2, -0.15) is 0 Å². The first-order valence-corrected chi connectivity index (χ1v) is 9.29. The third kappa shape index (κ3) is 4.08. The van der Waals surface area contributed by atoms with Gasteiger partial charge in [0.25, 0.3) is 0 Å². The fraction of sp³-hybridized carbons (Fsp3) is 0.389. The Bertz CT molecular complexity index is 857. The molecular weight excluding hydrogens is 350 g/mol. The second-order valence-corrected chi connectivity index (χ2v) is 6.89. The smallest absolute Gasteiger partial charge is 0.243 e. The van der Waals surface area contributed by atoms with E-state index in [1.165, 1.54) is 11.1 Å². The van der Waals surface area contributed by atoms with Gasteiger partial charge >= 0.3 is 0 Å². The molecule has 0 spiro atoms. The van der Waals surface area contributed by atoms with Crippen LogP contribution in [0, 0.1) is 6.92 Å². The van der Waals surface area contributed by atoms with Gasteiger partial charge in [0, 0.05) is 26.1 Å². The summed E-state index contributed by atoms with van der Waals surface area (Å²) in [7, 11) is 5.15. The Hall–Kier alpha value is -2.32. The third-order valence-electron chi connectivity index (χ3n) is 3.95. The van der Waals surface area contributed by atoms with Crippen LogP contribution in [-0.4, -0.2) is 45.4 Å². The minimum absolute atomic E-state index is 0.536. The van der Waals surface area contributed by atoms with E-state index in [-0.39, 0.29) is 0 Å². The van der Waals surface area contributed by atoms with E-state index in [0.717, 1.165) is 22.3 Å². The fourth-order valence-corrected chi connectivity index (χ4v) is 3.50. The number of hydrogen-bond donors (Lipinski definition) is 0. The van der Waals surface area contributed by atoms with Gasteiger partial charge in [-0.15, -0.1) is 15.3 Å². The predicted molar refractivity (Wildman–Crippen MR) is 101 cm³/mol. The van der Waals surface area contributed by atoms with Gasteiger partial charge in [-0.1, -0.05) is 41.6 Å². The number of aromatic nitrogens is 5. The van der Waals surface area contributed by atoms with Gasteiger partial charge in [-0.05, 0) is 12.5 Å². The van der Waals surface area contributed by atoms with Crippen molar-refractivity contribution in [1.29, 1.82) is 0 Å². The monoisotopic (exact) mass is 373 g/mol. The third-order valence-corrected chi connectivity index (χ3v) is 4.99. The van der Waals surface area contributed by atoms with Crippen LogP contribution >= 0.6 is 11.8 Å². The molecule has 8 heteroatoms. The zero-order valence-corrected chi connectivity index (χ0v) is 16.3. The normalized spacial score (nSPS) is 11.1. The summed E-state index contributed by atoms with van der Waals surface area (Å²) >= 11 is 1.66. The van der Waals surface area contributed by atoms with Gasteiger partial charge < -0.3 is 9.47 Å². The van der Waals surface area contributed by atoms with E-state index in [2.05, 4.69) is 51.1 Å². The summed E-state index contributed by atoms with van der Waals surface area (Å²) in [5, 5.41) is 13.9. The molecule has 0 aliphatic carbocycles. The van der Waals surface area contributed by atoms with Crippen molar-refractivity contribution in [2.24, 2.45) is 7.05 Å². The van der Waals surface area contributed by atoms with Crippen LogP contribution in [0.4, 0.5) is 0 Å². The molecule has 138 valence electrons. The SMILES string of the molecule is COCCn1c(SCc2ccc(C)cc2)nnc1-c1cn(C)nc1OC. The van der Waals surface area contributed by atoms with E-state index >= 15 is 0 Å². The Labute approximate surface area is 157 Å². The van der Waals surface area contributed by atoms with Crippen LogP contribution in [0.5, 0.6) is 5.88 Å². The van der Waals surface area contributed by atoms with Crippen LogP contribution in [0.1, 0.15) is 11.1 Å². The quantitative estimate of drug-likeness (QED) is 0.566. The van der Waals surface area contributed by atoms with Crippen LogP contribution < -0.4 is 4.74 Å². The number of thioether (sulfide) groups is 1. The predicted octanol–water partition coefficient (Wildman–Crippen LogP) is 2.93. The molecule has 0 N–H and O–H groups in total. The zero-order chi connectivity index (χ0) is 18.5. The maximum absolute atomic E-state index is 5.38. The first-order chi connectivity index (χ1) is 12.6. The zero-order valence-electron chi connectivity index (χ0n) is 15.5. The molecule has 0 saturated heterocycles. The molecule has 7 nitrogen and oxygen atoms in total. The summed E-state index contributed by atoms with van der Waals surface area (Å²) in [4.78, 5) is 0. The summed E-state index contributed by atoms with van der Waals surface area (Å²) < 4.78 is 14.4. The Balaban J connectivity index is 1.87. The molecule has 1 aromatic carbocycles. The van der Waals surface area contributed by atoms with Crippen molar-refractivity contribution < 1.29 is 9.47 Å². The van der Waals surface area contributed by atoms with E-state index in [1.807, 2.05) is 13.2 Å². The highest BCUT2D eigenvalue weighted by Gasteiger charge is 2.20. The molecule has 3 aromatic rings. The summed E-state index contributed by atoms with van der Waals surface area (Å²) in [6, 6.07) is 8.53. The summed E-state index contributed by atoms with van der Waals surface area (Å²) in [6.45, 7) is 3.32. The van der Waals surface area contributed by atoms with E-state index in [0.29, 0.717) is 19.0 Å². The number of hydrogen-bond acceptors (Lipinski definition) is 6. The molecule has 2 heterocycles. The number of methoxy groups -OCH3 is 2. The lowest BCUT2D eigenvalue weighted by Crippen LogP contribution is -2.07. The topological polar surface area (TPSA) is 67.0 Å². The highest BCUT2D eigenvalue weighted by atomic mass is 32.2. The standard InChI is InChI=1S/C18H23N5O2S/c1-13-5-7-14(8-6-13)12-26-18-20-19-16(23(18)9-10-24-3)15-11-22(2)21-17(15)25-4/h5-8,11H,9-10,12H2,1-4H3. The van der Waals surface area contributed by atoms with Crippen molar-refractivity contribution in [2.75, 3.05) is 20.8 Å². The molecule has 0 radical (unpaired) electrons. The van der Waals surface area contributed by atoms with Gasteiger partial charge in [0.1, 0.15) is 5.56 Å². The molecule has 3 rings (SSSR count). The summed E-state index contributed by atoms with van der Waals surface area (Å²) in [5.41, 5.74) is 3.33. The molecule has 2 aromatic heterocycles. The van der Waals surface area contributed by atoms with Crippen molar-refractivity contribution >= 4 is 11.8 Å². The van der Waals surface area contributed by atoms with Crippen molar-refractivity contribution in [1.82, 2.24) is 24.5 Å². The van der Waals surface area contributed by atoms with Crippen molar-refractivity contribution in [3.63, 3.8) is 0 Å². The number of rotatable bonds is 8. The van der Waals surface area contributed by atoms with Gasteiger partial charge in [-0.25, -0.2) is 0 Å². The molecule has 0 atom stereocenters. The molecule has 0 fully saturated rings. The molecule has 0 saturated carbocycles. The van der Waals surface area contributed by atoms with Crippen LogP contribution in [-0.2, 0) is 24.1 Å². The van der Waals surface area contributed by atoms with Gasteiger partial charge in [0.05, 0.1) is 20.3 Å². The minimum Gasteiger partial charge on any atom is -0.479 e. The molecule has 26 heavy (non-hydrogen) atoms. The molecule has 0 amide bonds. The average Bonchev–Trinajstić information content (AvgIpc) is 3.21. The van der Waals surface area contributed by atoms with Crippen molar-refractivity contribution in [3.8, 4) is 17.3 Å². The van der Waals surface area contributed by atoms with E-state index in [9.17, 15) is 0 Å². The van der Waals surface area contributed by atoms with E-state index in [4.69, 9.17) is 9.47 Å². The first-order valence-electron chi connectivity index (χ1n) is 8.31. The Morgan fingerprint density at radius 3 is 2.58 bits per heavy atom. The molecule has 0 aliphatic heterocycles. The lowest BCUT2D eigenvalue weighted by atomic mass is 10.2. The van der Waals surface area contributed by atoms with Gasteiger partial charge in [0.2, 0.25) is 5.88 Å². The van der Waals surface area contributed by atoms with Crippen molar-refractivity contribution in [2.45, 2.75) is 24.4 Å². The fourth-order valence-electron chi connectivity index (χ4n) is 2.58. The Morgan fingerprint density at radius 1 is 1.12 bits per heavy atom. The summed E-state index contributed by atoms with van der Waals surface area (Å²) in [5.74, 6) is 2.10. The van der Waals surface area contributed by atoms with Crippen LogP contribution in [0.3, 0.4) is 0 Å². The second-order valence-electron chi connectivity index (χ2n) is 5.95. The molecule has 0 aliphatic rings. The van der Waals surface area contributed by atoms with Crippen LogP contribution in [0.25, 0.3) is 11.4 Å². The molecule has 0 unspecified atom stereocenters. The van der Waals surface area contributed by atoms with E-state index < -0.39 is 0 Å². The van der Waals surface area contributed by atoms with Gasteiger partial charge in [0.15, 0.2) is 11.0 Å². The number of aryl methyl sites for hydroxylation is 2. The van der Waals surface area contributed by atoms with Crippen molar-refractivity contribution in [3.05, 3.63) is 41.6 Å². The lowest BCUT2D eigenvalue weighted by Gasteiger charge is -2.09. The second kappa shape index (κ2) is 8.37. The average molecular weight is 373 g/mol. The van der Waals surface area contributed by atoms with Gasteiger partial charge in [-0.3, -0.25) is 9.25 Å². The maximum Gasteiger partial charge on any atom is 0.243 e. The Kier molecular flexibility index (Phi) is 5.95. The highest BCUT2D eigenvalue weighted by Crippen LogP contribution is 2.31. The molecular formula is C18H23N5O2S.